The third kappa shape index (κ3) is 3.06. The molecule has 1 fully saturated rings. The van der Waals surface area contributed by atoms with Crippen molar-refractivity contribution in [2.24, 2.45) is 5.92 Å². The molecule has 16 heavy (non-hydrogen) atoms. The molecule has 1 N–H and O–H groups in total. The Bertz CT molecular complexity index is 317. The largest absolute Gasteiger partial charge is 0.381 e. The molecular formula is C13H21NOS. The minimum atomic E-state index is 0.602. The summed E-state index contributed by atoms with van der Waals surface area (Å²) < 4.78 is 5.39. The number of ether oxygens (including phenoxy) is 1. The summed E-state index contributed by atoms with van der Waals surface area (Å²) in [5.41, 5.74) is 1.41. The first kappa shape index (κ1) is 12.1. The van der Waals surface area contributed by atoms with Gasteiger partial charge in [0.05, 0.1) is 0 Å². The third-order valence-electron chi connectivity index (χ3n) is 3.53. The van der Waals surface area contributed by atoms with Crippen LogP contribution in [-0.4, -0.2) is 19.3 Å². The van der Waals surface area contributed by atoms with Gasteiger partial charge in [-0.1, -0.05) is 0 Å². The van der Waals surface area contributed by atoms with Crippen molar-refractivity contribution in [2.45, 2.75) is 39.3 Å². The van der Waals surface area contributed by atoms with E-state index in [0.29, 0.717) is 6.04 Å². The molecule has 0 spiro atoms. The molecule has 1 aromatic heterocycles. The maximum absolute atomic E-state index is 5.39. The van der Waals surface area contributed by atoms with Gasteiger partial charge in [-0.05, 0) is 49.6 Å². The highest BCUT2D eigenvalue weighted by Gasteiger charge is 2.19. The van der Waals surface area contributed by atoms with E-state index in [1.165, 1.54) is 23.3 Å². The molecule has 0 amide bonds. The van der Waals surface area contributed by atoms with Gasteiger partial charge in [-0.3, -0.25) is 0 Å². The second kappa shape index (κ2) is 5.80. The van der Waals surface area contributed by atoms with Gasteiger partial charge in [0.15, 0.2) is 0 Å². The Balaban J connectivity index is 1.78. The normalized spacial score (nSPS) is 19.9. The lowest BCUT2D eigenvalue weighted by molar-refractivity contribution is 0.0558. The monoisotopic (exact) mass is 239 g/mol. The SMILES string of the molecule is Cc1ccsc1CNC(C)C1CCOCC1. The van der Waals surface area contributed by atoms with E-state index in [4.69, 9.17) is 4.74 Å². The number of hydrogen-bond acceptors (Lipinski definition) is 3. The van der Waals surface area contributed by atoms with Gasteiger partial charge < -0.3 is 10.1 Å². The molecule has 0 radical (unpaired) electrons. The standard InChI is InChI=1S/C13H21NOS/c1-10-5-8-16-13(10)9-14-11(2)12-3-6-15-7-4-12/h5,8,11-12,14H,3-4,6-7,9H2,1-2H3. The molecule has 1 aliphatic heterocycles. The van der Waals surface area contributed by atoms with E-state index in [2.05, 4.69) is 30.6 Å². The van der Waals surface area contributed by atoms with Crippen molar-refractivity contribution in [3.8, 4) is 0 Å². The average Bonchev–Trinajstić information content (AvgIpc) is 2.73. The minimum absolute atomic E-state index is 0.602. The maximum Gasteiger partial charge on any atom is 0.0469 e. The molecule has 1 aromatic rings. The first-order valence-electron chi connectivity index (χ1n) is 6.11. The Labute approximate surface area is 102 Å². The van der Waals surface area contributed by atoms with Crippen LogP contribution in [0.2, 0.25) is 0 Å². The summed E-state index contributed by atoms with van der Waals surface area (Å²) in [7, 11) is 0. The predicted molar refractivity (Wildman–Crippen MR) is 68.9 cm³/mol. The molecule has 2 nitrogen and oxygen atoms in total. The Kier molecular flexibility index (Phi) is 4.38. The molecule has 1 atom stereocenters. The molecule has 0 saturated carbocycles. The van der Waals surface area contributed by atoms with Crippen LogP contribution in [0, 0.1) is 12.8 Å². The van der Waals surface area contributed by atoms with Crippen LogP contribution in [0.25, 0.3) is 0 Å². The van der Waals surface area contributed by atoms with Crippen LogP contribution < -0.4 is 5.32 Å². The van der Waals surface area contributed by atoms with Gasteiger partial charge in [0.1, 0.15) is 0 Å². The summed E-state index contributed by atoms with van der Waals surface area (Å²) >= 11 is 1.85. The lowest BCUT2D eigenvalue weighted by atomic mass is 9.93. The van der Waals surface area contributed by atoms with Crippen LogP contribution in [0.3, 0.4) is 0 Å². The van der Waals surface area contributed by atoms with Gasteiger partial charge >= 0.3 is 0 Å². The fourth-order valence-corrected chi connectivity index (χ4v) is 3.08. The number of thiophene rings is 1. The topological polar surface area (TPSA) is 21.3 Å². The third-order valence-corrected chi connectivity index (χ3v) is 4.55. The van der Waals surface area contributed by atoms with Gasteiger partial charge in [-0.25, -0.2) is 0 Å². The summed E-state index contributed by atoms with van der Waals surface area (Å²) in [5, 5.41) is 5.82. The predicted octanol–water partition coefficient (Wildman–Crippen LogP) is 2.96. The zero-order chi connectivity index (χ0) is 11.4. The quantitative estimate of drug-likeness (QED) is 0.872. The molecule has 0 aromatic carbocycles. The van der Waals surface area contributed by atoms with Gasteiger partial charge in [-0.15, -0.1) is 11.3 Å². The van der Waals surface area contributed by atoms with Crippen LogP contribution in [-0.2, 0) is 11.3 Å². The molecule has 1 saturated heterocycles. The van der Waals surface area contributed by atoms with Gasteiger partial charge in [-0.2, -0.15) is 0 Å². The Morgan fingerprint density at radius 3 is 2.88 bits per heavy atom. The van der Waals surface area contributed by atoms with E-state index in [1.807, 2.05) is 11.3 Å². The molecule has 1 aliphatic rings. The molecule has 3 heteroatoms. The van der Waals surface area contributed by atoms with Crippen molar-refractivity contribution in [1.29, 1.82) is 0 Å². The Hall–Kier alpha value is -0.380. The van der Waals surface area contributed by atoms with E-state index in [1.54, 1.807) is 0 Å². The fourth-order valence-electron chi connectivity index (χ4n) is 2.22. The van der Waals surface area contributed by atoms with E-state index in [9.17, 15) is 0 Å². The molecule has 2 rings (SSSR count). The number of hydrogen-bond donors (Lipinski definition) is 1. The lowest BCUT2D eigenvalue weighted by Gasteiger charge is -2.28. The van der Waals surface area contributed by atoms with E-state index in [0.717, 1.165) is 25.7 Å². The van der Waals surface area contributed by atoms with Crippen LogP contribution >= 0.6 is 11.3 Å². The zero-order valence-electron chi connectivity index (χ0n) is 10.2. The van der Waals surface area contributed by atoms with Crippen LogP contribution in [0.1, 0.15) is 30.2 Å². The first-order valence-corrected chi connectivity index (χ1v) is 6.99. The van der Waals surface area contributed by atoms with Crippen molar-refractivity contribution in [2.75, 3.05) is 13.2 Å². The molecule has 2 heterocycles. The Morgan fingerprint density at radius 2 is 2.25 bits per heavy atom. The molecule has 1 unspecified atom stereocenters. The highest BCUT2D eigenvalue weighted by molar-refractivity contribution is 7.10. The summed E-state index contributed by atoms with van der Waals surface area (Å²) in [5.74, 6) is 0.786. The smallest absolute Gasteiger partial charge is 0.0469 e. The second-order valence-electron chi connectivity index (χ2n) is 4.65. The lowest BCUT2D eigenvalue weighted by Crippen LogP contribution is -2.36. The molecule has 90 valence electrons. The fraction of sp³-hybridized carbons (Fsp3) is 0.692. The van der Waals surface area contributed by atoms with E-state index < -0.39 is 0 Å². The number of nitrogens with one attached hydrogen (secondary N) is 1. The summed E-state index contributed by atoms with van der Waals surface area (Å²) in [6.45, 7) is 7.39. The zero-order valence-corrected chi connectivity index (χ0v) is 11.0. The van der Waals surface area contributed by atoms with Gasteiger partial charge in [0, 0.05) is 30.7 Å². The van der Waals surface area contributed by atoms with Crippen molar-refractivity contribution in [3.63, 3.8) is 0 Å². The Morgan fingerprint density at radius 1 is 1.50 bits per heavy atom. The van der Waals surface area contributed by atoms with E-state index >= 15 is 0 Å². The first-order chi connectivity index (χ1) is 7.77. The second-order valence-corrected chi connectivity index (χ2v) is 5.65. The average molecular weight is 239 g/mol. The van der Waals surface area contributed by atoms with Crippen LogP contribution in [0.4, 0.5) is 0 Å². The van der Waals surface area contributed by atoms with Crippen LogP contribution in [0.15, 0.2) is 11.4 Å². The van der Waals surface area contributed by atoms with Crippen LogP contribution in [0.5, 0.6) is 0 Å². The number of aryl methyl sites for hydroxylation is 1. The van der Waals surface area contributed by atoms with Crippen molar-refractivity contribution < 1.29 is 4.74 Å². The summed E-state index contributed by atoms with van der Waals surface area (Å²) in [4.78, 5) is 1.47. The molecule has 0 aliphatic carbocycles. The van der Waals surface area contributed by atoms with Crippen molar-refractivity contribution >= 4 is 11.3 Å². The maximum atomic E-state index is 5.39. The molecule has 0 bridgehead atoms. The highest BCUT2D eigenvalue weighted by Crippen LogP contribution is 2.20. The highest BCUT2D eigenvalue weighted by atomic mass is 32.1. The molecular weight excluding hydrogens is 218 g/mol. The van der Waals surface area contributed by atoms with Crippen molar-refractivity contribution in [1.82, 2.24) is 5.32 Å². The van der Waals surface area contributed by atoms with Gasteiger partial charge in [0.25, 0.3) is 0 Å². The van der Waals surface area contributed by atoms with E-state index in [-0.39, 0.29) is 0 Å². The minimum Gasteiger partial charge on any atom is -0.381 e. The number of rotatable bonds is 4. The van der Waals surface area contributed by atoms with Gasteiger partial charge in [0.2, 0.25) is 0 Å². The summed E-state index contributed by atoms with van der Waals surface area (Å²) in [6.07, 6.45) is 2.41. The summed E-state index contributed by atoms with van der Waals surface area (Å²) in [6, 6.07) is 2.80. The van der Waals surface area contributed by atoms with Crippen molar-refractivity contribution in [3.05, 3.63) is 21.9 Å².